The van der Waals surface area contributed by atoms with E-state index in [0.717, 1.165) is 30.8 Å². The van der Waals surface area contributed by atoms with Gasteiger partial charge in [-0.15, -0.1) is 0 Å². The number of H-pyrrole nitrogens is 1. The van der Waals surface area contributed by atoms with Gasteiger partial charge in [0.15, 0.2) is 0 Å². The van der Waals surface area contributed by atoms with Crippen LogP contribution < -0.4 is 0 Å². The average Bonchev–Trinajstić information content (AvgIpc) is 3.01. The molecular weight excluding hydrogens is 290 g/mol. The maximum absolute atomic E-state index is 12.9. The number of aromatic nitrogens is 3. The summed E-state index contributed by atoms with van der Waals surface area (Å²) in [5, 5.41) is 7.23. The van der Waals surface area contributed by atoms with E-state index < -0.39 is 0 Å². The number of nitrogens with zero attached hydrogens (tertiary/aromatic N) is 4. The molecule has 2 aromatic heterocycles. The summed E-state index contributed by atoms with van der Waals surface area (Å²) in [6.07, 6.45) is 7.09. The van der Waals surface area contributed by atoms with Crippen LogP contribution in [0.25, 0.3) is 11.3 Å². The predicted molar refractivity (Wildman–Crippen MR) is 84.8 cm³/mol. The van der Waals surface area contributed by atoms with E-state index in [2.05, 4.69) is 25.0 Å². The summed E-state index contributed by atoms with van der Waals surface area (Å²) >= 11 is 0. The summed E-state index contributed by atoms with van der Waals surface area (Å²) in [6.45, 7) is 3.04. The number of hydrogen-bond donors (Lipinski definition) is 1. The molecule has 6 nitrogen and oxygen atoms in total. The number of rotatable bonds is 2. The Labute approximate surface area is 134 Å². The van der Waals surface area contributed by atoms with Crippen LogP contribution in [0.1, 0.15) is 29.8 Å². The van der Waals surface area contributed by atoms with Crippen LogP contribution in [0.15, 0.2) is 30.6 Å². The molecule has 2 unspecified atom stereocenters. The topological polar surface area (TPSA) is 65.1 Å². The minimum atomic E-state index is 0.0911. The van der Waals surface area contributed by atoms with E-state index in [0.29, 0.717) is 17.3 Å². The maximum Gasteiger partial charge on any atom is 0.272 e. The minimum absolute atomic E-state index is 0.0911. The fourth-order valence-corrected chi connectivity index (χ4v) is 4.49. The van der Waals surface area contributed by atoms with Crippen molar-refractivity contribution in [1.29, 1.82) is 0 Å². The first-order chi connectivity index (χ1) is 11.3. The lowest BCUT2D eigenvalue weighted by atomic mass is 9.61. The Bertz CT molecular complexity index is 753. The number of nitrogens with one attached hydrogen (secondary N) is 1. The second-order valence-electron chi connectivity index (χ2n) is 6.80. The predicted octanol–water partition coefficient (Wildman–Crippen LogP) is 1.53. The van der Waals surface area contributed by atoms with Gasteiger partial charge in [0, 0.05) is 43.1 Å². The highest BCUT2D eigenvalue weighted by Gasteiger charge is 2.61. The van der Waals surface area contributed by atoms with Crippen molar-refractivity contribution in [2.75, 3.05) is 19.6 Å². The molecule has 1 aliphatic carbocycles. The highest BCUT2D eigenvalue weighted by atomic mass is 16.2. The molecule has 2 saturated heterocycles. The Morgan fingerprint density at radius 1 is 1.22 bits per heavy atom. The number of hydrogen-bond acceptors (Lipinski definition) is 4. The van der Waals surface area contributed by atoms with Crippen molar-refractivity contribution in [1.82, 2.24) is 25.0 Å². The van der Waals surface area contributed by atoms with Gasteiger partial charge in [0.1, 0.15) is 5.69 Å². The van der Waals surface area contributed by atoms with Crippen molar-refractivity contribution in [2.24, 2.45) is 0 Å². The summed E-state index contributed by atoms with van der Waals surface area (Å²) in [5.74, 6) is 0.0911. The maximum atomic E-state index is 12.9. The smallest absolute Gasteiger partial charge is 0.272 e. The Balaban J connectivity index is 1.40. The molecule has 5 rings (SSSR count). The average molecular weight is 309 g/mol. The number of aromatic amines is 1. The molecule has 4 heterocycles. The van der Waals surface area contributed by atoms with Crippen LogP contribution in [-0.4, -0.2) is 62.1 Å². The van der Waals surface area contributed by atoms with Crippen LogP contribution in [-0.2, 0) is 0 Å². The van der Waals surface area contributed by atoms with E-state index in [4.69, 9.17) is 0 Å². The number of pyridine rings is 1. The van der Waals surface area contributed by atoms with Crippen molar-refractivity contribution in [3.8, 4) is 11.3 Å². The van der Waals surface area contributed by atoms with E-state index in [-0.39, 0.29) is 5.91 Å². The quantitative estimate of drug-likeness (QED) is 0.914. The molecular formula is C17H19N5O. The summed E-state index contributed by atoms with van der Waals surface area (Å²) in [5.41, 5.74) is 2.66. The van der Waals surface area contributed by atoms with E-state index in [1.165, 1.54) is 19.4 Å². The first-order valence-corrected chi connectivity index (χ1v) is 8.30. The Morgan fingerprint density at radius 3 is 2.78 bits per heavy atom. The molecule has 0 aromatic carbocycles. The molecule has 1 amide bonds. The lowest BCUT2D eigenvalue weighted by Crippen LogP contribution is -2.79. The second kappa shape index (κ2) is 4.64. The van der Waals surface area contributed by atoms with E-state index >= 15 is 0 Å². The molecule has 0 radical (unpaired) electrons. The zero-order valence-electron chi connectivity index (χ0n) is 12.9. The molecule has 2 aliphatic heterocycles. The first-order valence-electron chi connectivity index (χ1n) is 8.30. The van der Waals surface area contributed by atoms with Crippen LogP contribution in [0.5, 0.6) is 0 Å². The normalized spacial score (nSPS) is 29.2. The number of carbonyl (C=O) groups is 1. The van der Waals surface area contributed by atoms with Gasteiger partial charge in [-0.3, -0.25) is 19.8 Å². The van der Waals surface area contributed by atoms with Crippen LogP contribution in [0.2, 0.25) is 0 Å². The highest BCUT2D eigenvalue weighted by molar-refractivity contribution is 5.94. The fraction of sp³-hybridized carbons (Fsp3) is 0.471. The van der Waals surface area contributed by atoms with Gasteiger partial charge in [0.05, 0.1) is 11.7 Å². The van der Waals surface area contributed by atoms with Gasteiger partial charge in [0.2, 0.25) is 0 Å². The largest absolute Gasteiger partial charge is 0.331 e. The molecule has 0 bridgehead atoms. The van der Waals surface area contributed by atoms with Gasteiger partial charge in [-0.05, 0) is 37.5 Å². The van der Waals surface area contributed by atoms with Gasteiger partial charge in [-0.1, -0.05) is 0 Å². The number of amides is 1. The van der Waals surface area contributed by atoms with E-state index in [1.54, 1.807) is 12.4 Å². The molecule has 1 N–H and O–H groups in total. The van der Waals surface area contributed by atoms with Gasteiger partial charge in [-0.2, -0.15) is 5.10 Å². The van der Waals surface area contributed by atoms with E-state index in [9.17, 15) is 4.79 Å². The van der Waals surface area contributed by atoms with Crippen molar-refractivity contribution in [3.63, 3.8) is 0 Å². The molecule has 23 heavy (non-hydrogen) atoms. The molecule has 2 aromatic rings. The summed E-state index contributed by atoms with van der Waals surface area (Å²) in [4.78, 5) is 21.6. The van der Waals surface area contributed by atoms with E-state index in [1.807, 2.05) is 18.2 Å². The lowest BCUT2D eigenvalue weighted by Gasteiger charge is -2.68. The first kappa shape index (κ1) is 13.2. The van der Waals surface area contributed by atoms with Crippen molar-refractivity contribution >= 4 is 5.91 Å². The summed E-state index contributed by atoms with van der Waals surface area (Å²) in [6, 6.07) is 6.05. The lowest BCUT2D eigenvalue weighted by molar-refractivity contribution is -0.161. The molecule has 2 atom stereocenters. The third-order valence-electron chi connectivity index (χ3n) is 5.95. The Morgan fingerprint density at radius 2 is 2.09 bits per heavy atom. The van der Waals surface area contributed by atoms with Crippen LogP contribution in [0, 0.1) is 0 Å². The number of carbonyl (C=O) groups excluding carboxylic acids is 1. The molecule has 1 saturated carbocycles. The number of piperazine rings is 1. The van der Waals surface area contributed by atoms with Crippen LogP contribution in [0.3, 0.4) is 0 Å². The van der Waals surface area contributed by atoms with Gasteiger partial charge >= 0.3 is 0 Å². The SMILES string of the molecule is O=C(c1cc(-c2ccncc2)n[nH]1)N1CCN2CCC23CCC13. The van der Waals surface area contributed by atoms with Crippen LogP contribution in [0.4, 0.5) is 0 Å². The zero-order valence-corrected chi connectivity index (χ0v) is 12.9. The third kappa shape index (κ3) is 1.75. The van der Waals surface area contributed by atoms with Gasteiger partial charge < -0.3 is 4.90 Å². The zero-order chi connectivity index (χ0) is 15.4. The molecule has 3 aliphatic rings. The van der Waals surface area contributed by atoms with Crippen molar-refractivity contribution in [3.05, 3.63) is 36.3 Å². The minimum Gasteiger partial charge on any atom is -0.331 e. The van der Waals surface area contributed by atoms with Gasteiger partial charge in [0.25, 0.3) is 5.91 Å². The fourth-order valence-electron chi connectivity index (χ4n) is 4.49. The molecule has 1 spiro atoms. The summed E-state index contributed by atoms with van der Waals surface area (Å²) < 4.78 is 0. The molecule has 6 heteroatoms. The highest BCUT2D eigenvalue weighted by Crippen LogP contribution is 2.51. The Kier molecular flexibility index (Phi) is 2.68. The Hall–Kier alpha value is -2.21. The van der Waals surface area contributed by atoms with Crippen molar-refractivity contribution < 1.29 is 4.79 Å². The summed E-state index contributed by atoms with van der Waals surface area (Å²) in [7, 11) is 0. The monoisotopic (exact) mass is 309 g/mol. The van der Waals surface area contributed by atoms with Crippen LogP contribution >= 0.6 is 0 Å². The third-order valence-corrected chi connectivity index (χ3v) is 5.95. The van der Waals surface area contributed by atoms with Crippen molar-refractivity contribution in [2.45, 2.75) is 30.8 Å². The molecule has 3 fully saturated rings. The standard InChI is InChI=1S/C17H19N5O/c23-16(14-11-13(19-20-14)12-2-6-18-7-3-12)22-10-9-21-8-5-17(21)4-1-15(17)22/h2-3,6-7,11,15H,1,4-5,8-10H2,(H,19,20). The molecule has 118 valence electrons. The second-order valence-corrected chi connectivity index (χ2v) is 6.80. The van der Waals surface area contributed by atoms with Gasteiger partial charge in [-0.25, -0.2) is 0 Å².